The summed E-state index contributed by atoms with van der Waals surface area (Å²) in [6.07, 6.45) is 2.13. The van der Waals surface area contributed by atoms with Crippen LogP contribution in [0, 0.1) is 0 Å². The first kappa shape index (κ1) is 19.0. The van der Waals surface area contributed by atoms with Crippen molar-refractivity contribution in [1.82, 2.24) is 9.80 Å². The van der Waals surface area contributed by atoms with Gasteiger partial charge in [0.1, 0.15) is 12.4 Å². The molecule has 0 saturated carbocycles. The van der Waals surface area contributed by atoms with Gasteiger partial charge in [0, 0.05) is 45.0 Å². The SMILES string of the molecule is O=C(CN1CCN(CCOc2ccccc2)CC1)N1CCCc2ccccc21. The molecule has 0 spiro atoms. The fraction of sp³-hybridized carbons (Fsp3) is 0.435. The Bertz CT molecular complexity index is 772. The predicted molar refractivity (Wildman–Crippen MR) is 112 cm³/mol. The molecule has 4 rings (SSSR count). The van der Waals surface area contributed by atoms with Crippen LogP contribution in [0.4, 0.5) is 5.69 Å². The molecule has 0 atom stereocenters. The van der Waals surface area contributed by atoms with E-state index in [-0.39, 0.29) is 5.91 Å². The Labute approximate surface area is 167 Å². The maximum atomic E-state index is 12.9. The van der Waals surface area contributed by atoms with Crippen LogP contribution in [0.15, 0.2) is 54.6 Å². The van der Waals surface area contributed by atoms with Gasteiger partial charge < -0.3 is 9.64 Å². The minimum Gasteiger partial charge on any atom is -0.492 e. The Hall–Kier alpha value is -2.37. The molecule has 2 aliphatic rings. The molecule has 0 radical (unpaired) electrons. The Morgan fingerprint density at radius 3 is 2.39 bits per heavy atom. The van der Waals surface area contributed by atoms with E-state index in [1.807, 2.05) is 41.3 Å². The first-order chi connectivity index (χ1) is 13.8. The molecule has 5 heteroatoms. The van der Waals surface area contributed by atoms with Gasteiger partial charge in [0.15, 0.2) is 0 Å². The van der Waals surface area contributed by atoms with Crippen molar-refractivity contribution in [2.45, 2.75) is 12.8 Å². The minimum absolute atomic E-state index is 0.230. The smallest absolute Gasteiger partial charge is 0.241 e. The number of benzene rings is 2. The van der Waals surface area contributed by atoms with Crippen LogP contribution in [0.5, 0.6) is 5.75 Å². The molecule has 0 unspecified atom stereocenters. The summed E-state index contributed by atoms with van der Waals surface area (Å²) in [5, 5.41) is 0. The molecule has 1 fully saturated rings. The highest BCUT2D eigenvalue weighted by Gasteiger charge is 2.25. The molecule has 1 amide bonds. The molecule has 5 nitrogen and oxygen atoms in total. The van der Waals surface area contributed by atoms with Crippen LogP contribution in [-0.4, -0.2) is 68.1 Å². The van der Waals surface area contributed by atoms with Crippen molar-refractivity contribution in [3.63, 3.8) is 0 Å². The number of fused-ring (bicyclic) bond motifs is 1. The van der Waals surface area contributed by atoms with Gasteiger partial charge in [-0.15, -0.1) is 0 Å². The number of rotatable bonds is 6. The number of aryl methyl sites for hydroxylation is 1. The lowest BCUT2D eigenvalue weighted by Gasteiger charge is -2.36. The maximum absolute atomic E-state index is 12.9. The Balaban J connectivity index is 1.21. The average molecular weight is 380 g/mol. The average Bonchev–Trinajstić information content (AvgIpc) is 2.75. The van der Waals surface area contributed by atoms with Crippen molar-refractivity contribution < 1.29 is 9.53 Å². The second kappa shape index (κ2) is 9.22. The van der Waals surface area contributed by atoms with Crippen LogP contribution in [0.2, 0.25) is 0 Å². The Morgan fingerprint density at radius 2 is 1.57 bits per heavy atom. The molecule has 2 heterocycles. The summed E-state index contributed by atoms with van der Waals surface area (Å²) in [5.74, 6) is 1.15. The number of hydrogen-bond donors (Lipinski definition) is 0. The first-order valence-electron chi connectivity index (χ1n) is 10.3. The fourth-order valence-corrected chi connectivity index (χ4v) is 4.05. The standard InChI is InChI=1S/C23H29N3O2/c27-23(26-12-6-8-20-7-4-5-11-22(20)26)19-25-15-13-24(14-16-25)17-18-28-21-9-2-1-3-10-21/h1-5,7,9-11H,6,8,12-19H2. The number of para-hydroxylation sites is 2. The van der Waals surface area contributed by atoms with Crippen molar-refractivity contribution in [3.05, 3.63) is 60.2 Å². The molecule has 2 aromatic rings. The first-order valence-corrected chi connectivity index (χ1v) is 10.3. The van der Waals surface area contributed by atoms with Crippen LogP contribution < -0.4 is 9.64 Å². The molecule has 0 aromatic heterocycles. The van der Waals surface area contributed by atoms with Crippen molar-refractivity contribution in [1.29, 1.82) is 0 Å². The van der Waals surface area contributed by atoms with E-state index in [0.717, 1.165) is 63.5 Å². The summed E-state index contributed by atoms with van der Waals surface area (Å²) in [4.78, 5) is 19.6. The van der Waals surface area contributed by atoms with E-state index in [1.165, 1.54) is 5.56 Å². The number of nitrogens with zero attached hydrogens (tertiary/aromatic N) is 3. The molecule has 28 heavy (non-hydrogen) atoms. The third kappa shape index (κ3) is 4.72. The van der Waals surface area contributed by atoms with Crippen LogP contribution in [-0.2, 0) is 11.2 Å². The summed E-state index contributed by atoms with van der Waals surface area (Å²) < 4.78 is 5.80. The van der Waals surface area contributed by atoms with E-state index in [2.05, 4.69) is 28.0 Å². The lowest BCUT2D eigenvalue weighted by atomic mass is 10.0. The van der Waals surface area contributed by atoms with E-state index in [1.54, 1.807) is 0 Å². The largest absolute Gasteiger partial charge is 0.492 e. The topological polar surface area (TPSA) is 36.0 Å². The van der Waals surface area contributed by atoms with Crippen LogP contribution in [0.3, 0.4) is 0 Å². The molecule has 148 valence electrons. The third-order valence-corrected chi connectivity index (χ3v) is 5.65. The lowest BCUT2D eigenvalue weighted by molar-refractivity contribution is -0.120. The monoisotopic (exact) mass is 379 g/mol. The van der Waals surface area contributed by atoms with Gasteiger partial charge in [0.05, 0.1) is 6.54 Å². The number of piperazine rings is 1. The molecule has 1 saturated heterocycles. The summed E-state index contributed by atoms with van der Waals surface area (Å²) in [5.41, 5.74) is 2.40. The van der Waals surface area contributed by atoms with Crippen LogP contribution in [0.1, 0.15) is 12.0 Å². The molecule has 2 aliphatic heterocycles. The lowest BCUT2D eigenvalue weighted by Crippen LogP contribution is -2.51. The highest BCUT2D eigenvalue weighted by molar-refractivity contribution is 5.95. The fourth-order valence-electron chi connectivity index (χ4n) is 4.05. The Kier molecular flexibility index (Phi) is 6.24. The van der Waals surface area contributed by atoms with Crippen molar-refractivity contribution in [3.8, 4) is 5.75 Å². The summed E-state index contributed by atoms with van der Waals surface area (Å²) in [7, 11) is 0. The normalized spacial score (nSPS) is 17.9. The third-order valence-electron chi connectivity index (χ3n) is 5.65. The minimum atomic E-state index is 0.230. The van der Waals surface area contributed by atoms with E-state index >= 15 is 0 Å². The van der Waals surface area contributed by atoms with Gasteiger partial charge in [-0.05, 0) is 36.6 Å². The van der Waals surface area contributed by atoms with Crippen LogP contribution >= 0.6 is 0 Å². The molecule has 0 N–H and O–H groups in total. The van der Waals surface area contributed by atoms with E-state index in [4.69, 9.17) is 4.74 Å². The van der Waals surface area contributed by atoms with Gasteiger partial charge in [-0.1, -0.05) is 36.4 Å². The van der Waals surface area contributed by atoms with E-state index in [9.17, 15) is 4.79 Å². The van der Waals surface area contributed by atoms with E-state index in [0.29, 0.717) is 13.2 Å². The Morgan fingerprint density at radius 1 is 0.857 bits per heavy atom. The number of amides is 1. The van der Waals surface area contributed by atoms with Gasteiger partial charge in [0.2, 0.25) is 5.91 Å². The van der Waals surface area contributed by atoms with Gasteiger partial charge in [-0.2, -0.15) is 0 Å². The molecule has 0 bridgehead atoms. The van der Waals surface area contributed by atoms with E-state index < -0.39 is 0 Å². The molecular weight excluding hydrogens is 350 g/mol. The summed E-state index contributed by atoms with van der Waals surface area (Å²) >= 11 is 0. The zero-order valence-corrected chi connectivity index (χ0v) is 16.4. The number of carbonyl (C=O) groups excluding carboxylic acids is 1. The van der Waals surface area contributed by atoms with Gasteiger partial charge in [-0.25, -0.2) is 0 Å². The van der Waals surface area contributed by atoms with Crippen molar-refractivity contribution in [2.75, 3.05) is 57.3 Å². The second-order valence-electron chi connectivity index (χ2n) is 7.56. The van der Waals surface area contributed by atoms with Gasteiger partial charge in [0.25, 0.3) is 0 Å². The zero-order chi connectivity index (χ0) is 19.2. The van der Waals surface area contributed by atoms with Gasteiger partial charge >= 0.3 is 0 Å². The highest BCUT2D eigenvalue weighted by Crippen LogP contribution is 2.26. The molecule has 2 aromatic carbocycles. The van der Waals surface area contributed by atoms with Gasteiger partial charge in [-0.3, -0.25) is 14.6 Å². The number of hydrogen-bond acceptors (Lipinski definition) is 4. The van der Waals surface area contributed by atoms with Crippen LogP contribution in [0.25, 0.3) is 0 Å². The predicted octanol–water partition coefficient (Wildman–Crippen LogP) is 2.66. The summed E-state index contributed by atoms with van der Waals surface area (Å²) in [6, 6.07) is 18.3. The second-order valence-corrected chi connectivity index (χ2v) is 7.56. The zero-order valence-electron chi connectivity index (χ0n) is 16.4. The summed E-state index contributed by atoms with van der Waals surface area (Å²) in [6.45, 7) is 6.84. The quantitative estimate of drug-likeness (QED) is 0.773. The highest BCUT2D eigenvalue weighted by atomic mass is 16.5. The van der Waals surface area contributed by atoms with Crippen molar-refractivity contribution >= 4 is 11.6 Å². The number of anilines is 1. The number of carbonyl (C=O) groups is 1. The molecular formula is C23H29N3O2. The molecule has 0 aliphatic carbocycles. The number of ether oxygens (including phenoxy) is 1. The van der Waals surface area contributed by atoms with Crippen molar-refractivity contribution in [2.24, 2.45) is 0 Å². The maximum Gasteiger partial charge on any atom is 0.241 e.